The molecule has 2 aromatic rings. The number of piperidine rings is 1. The number of methoxy groups -OCH3 is 1. The fourth-order valence-electron chi connectivity index (χ4n) is 2.48. The molecular weight excluding hydrogens is 250 g/mol. The van der Waals surface area contributed by atoms with Crippen LogP contribution in [0.15, 0.2) is 28.7 Å². The van der Waals surface area contributed by atoms with Crippen molar-refractivity contribution in [2.75, 3.05) is 20.2 Å². The van der Waals surface area contributed by atoms with Crippen LogP contribution in [0.2, 0.25) is 0 Å². The Bertz CT molecular complexity index is 517. The van der Waals surface area contributed by atoms with E-state index in [2.05, 4.69) is 11.4 Å². The Morgan fingerprint density at radius 1 is 1.22 bits per heavy atom. The monoisotopic (exact) mass is 267 g/mol. The smallest absolute Gasteiger partial charge is 0.134 e. The number of benzene rings is 1. The highest BCUT2D eigenvalue weighted by Crippen LogP contribution is 2.31. The van der Waals surface area contributed by atoms with Gasteiger partial charge >= 0.3 is 0 Å². The topological polar surface area (TPSA) is 34.4 Å². The molecule has 1 N–H and O–H groups in total. The van der Waals surface area contributed by atoms with Crippen molar-refractivity contribution >= 4 is 23.4 Å². The molecule has 18 heavy (non-hydrogen) atoms. The minimum absolute atomic E-state index is 0. The number of nitrogens with one attached hydrogen (secondary N) is 1. The van der Waals surface area contributed by atoms with E-state index in [1.165, 1.54) is 0 Å². The third kappa shape index (κ3) is 2.47. The van der Waals surface area contributed by atoms with Gasteiger partial charge in [0.2, 0.25) is 0 Å². The number of hydrogen-bond acceptors (Lipinski definition) is 3. The first kappa shape index (κ1) is 13.2. The summed E-state index contributed by atoms with van der Waals surface area (Å²) in [5.74, 6) is 2.57. The van der Waals surface area contributed by atoms with E-state index in [-0.39, 0.29) is 12.4 Å². The van der Waals surface area contributed by atoms with Crippen molar-refractivity contribution in [2.45, 2.75) is 18.8 Å². The van der Waals surface area contributed by atoms with Crippen LogP contribution in [0, 0.1) is 0 Å². The molecule has 1 aromatic carbocycles. The van der Waals surface area contributed by atoms with Gasteiger partial charge < -0.3 is 14.5 Å². The van der Waals surface area contributed by atoms with E-state index in [0.717, 1.165) is 48.4 Å². The van der Waals surface area contributed by atoms with Crippen LogP contribution in [0.1, 0.15) is 24.5 Å². The van der Waals surface area contributed by atoms with Crippen LogP contribution in [-0.4, -0.2) is 20.2 Å². The molecule has 4 heteroatoms. The average molecular weight is 268 g/mol. The summed E-state index contributed by atoms with van der Waals surface area (Å²) in [5, 5.41) is 4.51. The van der Waals surface area contributed by atoms with Gasteiger partial charge in [0, 0.05) is 11.3 Å². The molecule has 0 unspecified atom stereocenters. The third-order valence-corrected chi connectivity index (χ3v) is 3.48. The summed E-state index contributed by atoms with van der Waals surface area (Å²) in [6.07, 6.45) is 2.33. The Hall–Kier alpha value is -1.19. The molecule has 1 fully saturated rings. The molecule has 1 saturated heterocycles. The summed E-state index contributed by atoms with van der Waals surface area (Å²) in [5.41, 5.74) is 0.958. The lowest BCUT2D eigenvalue weighted by Gasteiger charge is -2.20. The highest BCUT2D eigenvalue weighted by molar-refractivity contribution is 5.85. The standard InChI is InChI=1S/C14H17NO2.ClH/c1-16-12-2-3-13-11(8-12)9-14(17-13)10-4-6-15-7-5-10;/h2-3,8-10,15H,4-7H2,1H3;1H. The molecular formula is C14H18ClNO2. The highest BCUT2D eigenvalue weighted by atomic mass is 35.5. The fourth-order valence-corrected chi connectivity index (χ4v) is 2.48. The first-order chi connectivity index (χ1) is 8.36. The van der Waals surface area contributed by atoms with E-state index >= 15 is 0 Å². The Morgan fingerprint density at radius 3 is 2.72 bits per heavy atom. The van der Waals surface area contributed by atoms with E-state index in [9.17, 15) is 0 Å². The maximum absolute atomic E-state index is 5.92. The molecule has 0 aliphatic carbocycles. The van der Waals surface area contributed by atoms with Gasteiger partial charge in [0.05, 0.1) is 7.11 Å². The molecule has 1 aromatic heterocycles. The van der Waals surface area contributed by atoms with E-state index in [4.69, 9.17) is 9.15 Å². The molecule has 0 bridgehead atoms. The lowest BCUT2D eigenvalue weighted by atomic mass is 9.95. The van der Waals surface area contributed by atoms with Gasteiger partial charge in [-0.25, -0.2) is 0 Å². The normalized spacial score (nSPS) is 16.5. The summed E-state index contributed by atoms with van der Waals surface area (Å²) >= 11 is 0. The zero-order valence-corrected chi connectivity index (χ0v) is 11.3. The summed E-state index contributed by atoms with van der Waals surface area (Å²) in [6.45, 7) is 2.18. The van der Waals surface area contributed by atoms with Crippen molar-refractivity contribution in [1.29, 1.82) is 0 Å². The minimum atomic E-state index is 0. The summed E-state index contributed by atoms with van der Waals surface area (Å²) in [4.78, 5) is 0. The van der Waals surface area contributed by atoms with Crippen LogP contribution in [0.5, 0.6) is 5.75 Å². The maximum Gasteiger partial charge on any atom is 0.134 e. The zero-order chi connectivity index (χ0) is 11.7. The molecule has 0 spiro atoms. The number of fused-ring (bicyclic) bond motifs is 1. The lowest BCUT2D eigenvalue weighted by molar-refractivity contribution is 0.397. The first-order valence-electron chi connectivity index (χ1n) is 6.15. The van der Waals surface area contributed by atoms with Crippen LogP contribution in [-0.2, 0) is 0 Å². The van der Waals surface area contributed by atoms with Gasteiger partial charge in [-0.1, -0.05) is 0 Å². The first-order valence-corrected chi connectivity index (χ1v) is 6.15. The second kappa shape index (κ2) is 5.63. The Kier molecular flexibility index (Phi) is 4.15. The highest BCUT2D eigenvalue weighted by Gasteiger charge is 2.19. The van der Waals surface area contributed by atoms with Crippen LogP contribution in [0.25, 0.3) is 11.0 Å². The van der Waals surface area contributed by atoms with Crippen LogP contribution < -0.4 is 10.1 Å². The molecule has 1 aliphatic rings. The Balaban J connectivity index is 0.00000120. The molecule has 3 nitrogen and oxygen atoms in total. The number of furan rings is 1. The van der Waals surface area contributed by atoms with Crippen molar-refractivity contribution in [1.82, 2.24) is 5.32 Å². The number of rotatable bonds is 2. The van der Waals surface area contributed by atoms with Crippen molar-refractivity contribution in [3.63, 3.8) is 0 Å². The van der Waals surface area contributed by atoms with Gasteiger partial charge in [0.15, 0.2) is 0 Å². The largest absolute Gasteiger partial charge is 0.497 e. The third-order valence-electron chi connectivity index (χ3n) is 3.48. The van der Waals surface area contributed by atoms with E-state index in [1.807, 2.05) is 18.2 Å². The average Bonchev–Trinajstić information content (AvgIpc) is 2.82. The predicted molar refractivity (Wildman–Crippen MR) is 74.9 cm³/mol. The summed E-state index contributed by atoms with van der Waals surface area (Å²) in [6, 6.07) is 8.12. The van der Waals surface area contributed by atoms with Crippen molar-refractivity contribution < 1.29 is 9.15 Å². The molecule has 0 saturated carbocycles. The summed E-state index contributed by atoms with van der Waals surface area (Å²) < 4.78 is 11.1. The molecule has 1 aliphatic heterocycles. The minimum Gasteiger partial charge on any atom is -0.497 e. The number of ether oxygens (including phenoxy) is 1. The maximum atomic E-state index is 5.92. The quantitative estimate of drug-likeness (QED) is 0.906. The van der Waals surface area contributed by atoms with E-state index < -0.39 is 0 Å². The number of hydrogen-bond donors (Lipinski definition) is 1. The molecule has 0 amide bonds. The van der Waals surface area contributed by atoms with Gasteiger partial charge in [0.1, 0.15) is 17.1 Å². The van der Waals surface area contributed by atoms with Crippen LogP contribution in [0.4, 0.5) is 0 Å². The van der Waals surface area contributed by atoms with Crippen LogP contribution in [0.3, 0.4) is 0 Å². The Morgan fingerprint density at radius 2 is 2.00 bits per heavy atom. The molecule has 0 atom stereocenters. The summed E-state index contributed by atoms with van der Waals surface area (Å²) in [7, 11) is 1.69. The van der Waals surface area contributed by atoms with E-state index in [0.29, 0.717) is 5.92 Å². The second-order valence-corrected chi connectivity index (χ2v) is 4.58. The van der Waals surface area contributed by atoms with Crippen molar-refractivity contribution in [3.05, 3.63) is 30.0 Å². The zero-order valence-electron chi connectivity index (χ0n) is 10.4. The fraction of sp³-hybridized carbons (Fsp3) is 0.429. The lowest BCUT2D eigenvalue weighted by Crippen LogP contribution is -2.26. The molecule has 98 valence electrons. The molecule has 3 rings (SSSR count). The number of halogens is 1. The molecule has 2 heterocycles. The van der Waals surface area contributed by atoms with Gasteiger partial charge in [0.25, 0.3) is 0 Å². The van der Waals surface area contributed by atoms with Crippen molar-refractivity contribution in [3.8, 4) is 5.75 Å². The van der Waals surface area contributed by atoms with Crippen molar-refractivity contribution in [2.24, 2.45) is 0 Å². The van der Waals surface area contributed by atoms with Gasteiger partial charge in [-0.05, 0) is 50.2 Å². The van der Waals surface area contributed by atoms with Gasteiger partial charge in [-0.2, -0.15) is 0 Å². The predicted octanol–water partition coefficient (Wildman–Crippen LogP) is 3.33. The SMILES string of the molecule is COc1ccc2oc(C3CCNCC3)cc2c1.Cl. The Labute approximate surface area is 113 Å². The second-order valence-electron chi connectivity index (χ2n) is 4.58. The van der Waals surface area contributed by atoms with Gasteiger partial charge in [-0.3, -0.25) is 0 Å². The van der Waals surface area contributed by atoms with Gasteiger partial charge in [-0.15, -0.1) is 12.4 Å². The molecule has 0 radical (unpaired) electrons. The van der Waals surface area contributed by atoms with Crippen LogP contribution >= 0.6 is 12.4 Å². The van der Waals surface area contributed by atoms with E-state index in [1.54, 1.807) is 7.11 Å².